The highest BCUT2D eigenvalue weighted by Gasteiger charge is 2.13. The van der Waals surface area contributed by atoms with Crippen LogP contribution in [0.4, 0.5) is 5.82 Å². The van der Waals surface area contributed by atoms with Gasteiger partial charge in [-0.05, 0) is 43.2 Å². The monoisotopic (exact) mass is 390 g/mol. The molecule has 2 aromatic heterocycles. The summed E-state index contributed by atoms with van der Waals surface area (Å²) < 4.78 is 12.8. The molecule has 3 aromatic rings. The van der Waals surface area contributed by atoms with Gasteiger partial charge in [-0.25, -0.2) is 0 Å². The summed E-state index contributed by atoms with van der Waals surface area (Å²) in [6, 6.07) is 15.2. The molecule has 29 heavy (non-hydrogen) atoms. The maximum absolute atomic E-state index is 12.3. The minimum atomic E-state index is -0.540. The lowest BCUT2D eigenvalue weighted by molar-refractivity contribution is -0.112. The highest BCUT2D eigenvalue weighted by molar-refractivity contribution is 6.09. The van der Waals surface area contributed by atoms with Crippen LogP contribution in [-0.2, 0) is 17.8 Å². The summed E-state index contributed by atoms with van der Waals surface area (Å²) in [6.07, 6.45) is 4.33. The molecule has 0 fully saturated rings. The minimum Gasteiger partial charge on any atom is -0.491 e. The van der Waals surface area contributed by atoms with Crippen LogP contribution in [0.2, 0.25) is 0 Å². The van der Waals surface area contributed by atoms with E-state index in [1.54, 1.807) is 19.1 Å². The molecular weight excluding hydrogens is 368 g/mol. The Hall–Kier alpha value is -3.79. The molecule has 0 spiro atoms. The Morgan fingerprint density at radius 1 is 1.34 bits per heavy atom. The standard InChI is InChI=1S/C22H22N4O3/c1-3-17-7-4-5-9-20(17)28-12-11-26-10-6-8-19(26)14-18(15-23)22(27)24-21-13-16(2)29-25-21/h4-10,13-14H,3,11-12H2,1-2H3,(H,24,25,27)/b18-14-. The van der Waals surface area contributed by atoms with Crippen molar-refractivity contribution in [1.82, 2.24) is 9.72 Å². The van der Waals surface area contributed by atoms with Crippen LogP contribution >= 0.6 is 0 Å². The molecule has 0 saturated carbocycles. The number of benzene rings is 1. The van der Waals surface area contributed by atoms with Crippen molar-refractivity contribution >= 4 is 17.8 Å². The first-order valence-electron chi connectivity index (χ1n) is 9.33. The second kappa shape index (κ2) is 9.42. The lowest BCUT2D eigenvalue weighted by Crippen LogP contribution is -2.14. The van der Waals surface area contributed by atoms with E-state index in [1.807, 2.05) is 53.2 Å². The highest BCUT2D eigenvalue weighted by Crippen LogP contribution is 2.18. The van der Waals surface area contributed by atoms with Crippen molar-refractivity contribution in [1.29, 1.82) is 5.26 Å². The number of ether oxygens (including phenoxy) is 1. The number of amides is 1. The third-order valence-electron chi connectivity index (χ3n) is 4.33. The predicted octanol–water partition coefficient (Wildman–Crippen LogP) is 3.97. The van der Waals surface area contributed by atoms with Gasteiger partial charge in [-0.15, -0.1) is 0 Å². The third kappa shape index (κ3) is 5.14. The third-order valence-corrected chi connectivity index (χ3v) is 4.33. The summed E-state index contributed by atoms with van der Waals surface area (Å²) >= 11 is 0. The predicted molar refractivity (Wildman–Crippen MR) is 109 cm³/mol. The van der Waals surface area contributed by atoms with E-state index in [4.69, 9.17) is 9.26 Å². The van der Waals surface area contributed by atoms with Gasteiger partial charge in [-0.2, -0.15) is 5.26 Å². The molecule has 0 aliphatic carbocycles. The number of anilines is 1. The summed E-state index contributed by atoms with van der Waals surface area (Å²) in [7, 11) is 0. The van der Waals surface area contributed by atoms with Crippen LogP contribution in [-0.4, -0.2) is 22.2 Å². The van der Waals surface area contributed by atoms with Crippen LogP contribution in [0.15, 0.2) is 58.8 Å². The normalized spacial score (nSPS) is 11.1. The summed E-state index contributed by atoms with van der Waals surface area (Å²) in [5, 5.41) is 15.7. The maximum atomic E-state index is 12.3. The molecule has 1 amide bonds. The van der Waals surface area contributed by atoms with Gasteiger partial charge in [-0.3, -0.25) is 4.79 Å². The number of carbonyl (C=O) groups excluding carboxylic acids is 1. The summed E-state index contributed by atoms with van der Waals surface area (Å²) in [4.78, 5) is 12.3. The Morgan fingerprint density at radius 2 is 2.17 bits per heavy atom. The molecule has 7 heteroatoms. The van der Waals surface area contributed by atoms with Crippen LogP contribution < -0.4 is 10.1 Å². The molecule has 0 radical (unpaired) electrons. The lowest BCUT2D eigenvalue weighted by Gasteiger charge is -2.12. The van der Waals surface area contributed by atoms with Crippen molar-refractivity contribution in [2.24, 2.45) is 0 Å². The summed E-state index contributed by atoms with van der Waals surface area (Å²) in [5.41, 5.74) is 1.87. The van der Waals surface area contributed by atoms with Crippen molar-refractivity contribution in [2.45, 2.75) is 26.8 Å². The lowest BCUT2D eigenvalue weighted by atomic mass is 10.1. The largest absolute Gasteiger partial charge is 0.491 e. The molecule has 0 aliphatic heterocycles. The van der Waals surface area contributed by atoms with E-state index in [-0.39, 0.29) is 11.4 Å². The molecular formula is C22H22N4O3. The number of nitrogens with zero attached hydrogens (tertiary/aromatic N) is 3. The van der Waals surface area contributed by atoms with Crippen molar-refractivity contribution < 1.29 is 14.1 Å². The van der Waals surface area contributed by atoms with Gasteiger partial charge in [-0.1, -0.05) is 30.3 Å². The quantitative estimate of drug-likeness (QED) is 0.464. The zero-order chi connectivity index (χ0) is 20.6. The Labute approximate surface area is 169 Å². The maximum Gasteiger partial charge on any atom is 0.267 e. The van der Waals surface area contributed by atoms with Crippen molar-refractivity contribution in [3.8, 4) is 11.8 Å². The number of carbonyl (C=O) groups is 1. The van der Waals surface area contributed by atoms with Gasteiger partial charge in [0.25, 0.3) is 5.91 Å². The molecule has 1 N–H and O–H groups in total. The van der Waals surface area contributed by atoms with Gasteiger partial charge in [0.1, 0.15) is 29.8 Å². The van der Waals surface area contributed by atoms with Gasteiger partial charge in [0.05, 0.1) is 6.54 Å². The first-order valence-corrected chi connectivity index (χ1v) is 9.33. The fourth-order valence-corrected chi connectivity index (χ4v) is 2.86. The van der Waals surface area contributed by atoms with Crippen molar-refractivity contribution in [2.75, 3.05) is 11.9 Å². The molecule has 2 heterocycles. The minimum absolute atomic E-state index is 0.0251. The molecule has 0 aliphatic rings. The van der Waals surface area contributed by atoms with Crippen LogP contribution in [0.25, 0.3) is 6.08 Å². The molecule has 148 valence electrons. The average Bonchev–Trinajstić information content (AvgIpc) is 3.34. The van der Waals surface area contributed by atoms with E-state index < -0.39 is 5.91 Å². The van der Waals surface area contributed by atoms with Gasteiger partial charge in [0.2, 0.25) is 0 Å². The number of hydrogen-bond acceptors (Lipinski definition) is 5. The van der Waals surface area contributed by atoms with E-state index in [1.165, 1.54) is 0 Å². The molecule has 0 saturated heterocycles. The Balaban J connectivity index is 1.66. The van der Waals surface area contributed by atoms with Gasteiger partial charge in [0.15, 0.2) is 5.82 Å². The van der Waals surface area contributed by atoms with Crippen LogP contribution in [0.5, 0.6) is 5.75 Å². The topological polar surface area (TPSA) is 93.1 Å². The Kier molecular flexibility index (Phi) is 6.48. The molecule has 0 unspecified atom stereocenters. The number of para-hydroxylation sites is 1. The first kappa shape index (κ1) is 20.0. The molecule has 7 nitrogen and oxygen atoms in total. The van der Waals surface area contributed by atoms with E-state index in [0.29, 0.717) is 18.9 Å². The van der Waals surface area contributed by atoms with Crippen molar-refractivity contribution in [3.05, 3.63) is 71.3 Å². The zero-order valence-corrected chi connectivity index (χ0v) is 16.4. The Morgan fingerprint density at radius 3 is 2.90 bits per heavy atom. The van der Waals surface area contributed by atoms with Gasteiger partial charge in [0, 0.05) is 18.0 Å². The van der Waals surface area contributed by atoms with E-state index in [2.05, 4.69) is 17.4 Å². The van der Waals surface area contributed by atoms with Crippen LogP contribution in [0, 0.1) is 18.3 Å². The Bertz CT molecular complexity index is 1060. The second-order valence-corrected chi connectivity index (χ2v) is 6.38. The number of nitriles is 1. The number of aryl methyl sites for hydroxylation is 2. The molecule has 1 aromatic carbocycles. The SMILES string of the molecule is CCc1ccccc1OCCn1cccc1/C=C(/C#N)C(=O)Nc1cc(C)on1. The second-order valence-electron chi connectivity index (χ2n) is 6.38. The fraction of sp³-hybridized carbons (Fsp3) is 0.227. The first-order chi connectivity index (χ1) is 14.1. The smallest absolute Gasteiger partial charge is 0.267 e. The summed E-state index contributed by atoms with van der Waals surface area (Å²) in [5.74, 6) is 1.18. The number of nitrogens with one attached hydrogen (secondary N) is 1. The zero-order valence-electron chi connectivity index (χ0n) is 16.4. The molecule has 0 bridgehead atoms. The van der Waals surface area contributed by atoms with Crippen LogP contribution in [0.1, 0.15) is 23.9 Å². The average molecular weight is 390 g/mol. The van der Waals surface area contributed by atoms with E-state index >= 15 is 0 Å². The fourth-order valence-electron chi connectivity index (χ4n) is 2.86. The van der Waals surface area contributed by atoms with Gasteiger partial charge < -0.3 is 19.1 Å². The van der Waals surface area contributed by atoms with Crippen molar-refractivity contribution in [3.63, 3.8) is 0 Å². The number of aromatic nitrogens is 2. The van der Waals surface area contributed by atoms with E-state index in [9.17, 15) is 10.1 Å². The van der Waals surface area contributed by atoms with Gasteiger partial charge >= 0.3 is 0 Å². The highest BCUT2D eigenvalue weighted by atomic mass is 16.5. The molecule has 0 atom stereocenters. The van der Waals surface area contributed by atoms with E-state index in [0.717, 1.165) is 23.4 Å². The number of hydrogen-bond donors (Lipinski definition) is 1. The molecule has 3 rings (SSSR count). The number of rotatable bonds is 8. The van der Waals surface area contributed by atoms with Crippen LogP contribution in [0.3, 0.4) is 0 Å². The summed E-state index contributed by atoms with van der Waals surface area (Å²) in [6.45, 7) is 4.86.